The fourth-order valence-electron chi connectivity index (χ4n) is 1.73. The molecule has 0 heterocycles. The van der Waals surface area contributed by atoms with Gasteiger partial charge < -0.3 is 14.8 Å². The molecular formula is C17H18INO3. The molecule has 0 aliphatic rings. The molecule has 0 aliphatic carbocycles. The number of hydrogen-bond acceptors (Lipinski definition) is 3. The van der Waals surface area contributed by atoms with Crippen LogP contribution in [0, 0.1) is 3.57 Å². The van der Waals surface area contributed by atoms with Crippen molar-refractivity contribution in [1.82, 2.24) is 0 Å². The first kappa shape index (κ1) is 16.6. The molecule has 0 aliphatic heterocycles. The molecule has 0 spiro atoms. The van der Waals surface area contributed by atoms with Crippen LogP contribution in [0.2, 0.25) is 0 Å². The van der Waals surface area contributed by atoms with Gasteiger partial charge in [0.15, 0.2) is 6.61 Å². The predicted molar refractivity (Wildman–Crippen MR) is 95.5 cm³/mol. The van der Waals surface area contributed by atoms with Crippen LogP contribution < -0.4 is 14.8 Å². The van der Waals surface area contributed by atoms with Gasteiger partial charge in [0.1, 0.15) is 11.5 Å². The number of carbonyl (C=O) groups excluding carboxylic acids is 1. The minimum absolute atomic E-state index is 0.0266. The van der Waals surface area contributed by atoms with Crippen molar-refractivity contribution in [2.75, 3.05) is 18.5 Å². The molecule has 0 saturated carbocycles. The van der Waals surface area contributed by atoms with Crippen LogP contribution in [0.15, 0.2) is 48.5 Å². The lowest BCUT2D eigenvalue weighted by Crippen LogP contribution is -2.20. The van der Waals surface area contributed by atoms with E-state index < -0.39 is 0 Å². The van der Waals surface area contributed by atoms with Gasteiger partial charge >= 0.3 is 0 Å². The number of rotatable bonds is 7. The van der Waals surface area contributed by atoms with Crippen LogP contribution in [-0.4, -0.2) is 19.1 Å². The number of benzene rings is 2. The van der Waals surface area contributed by atoms with Crippen LogP contribution >= 0.6 is 22.6 Å². The molecule has 0 saturated heterocycles. The van der Waals surface area contributed by atoms with Gasteiger partial charge in [-0.15, -0.1) is 0 Å². The van der Waals surface area contributed by atoms with Crippen molar-refractivity contribution in [3.8, 4) is 11.5 Å². The Morgan fingerprint density at radius 3 is 2.18 bits per heavy atom. The van der Waals surface area contributed by atoms with Crippen molar-refractivity contribution in [3.05, 3.63) is 52.1 Å². The number of ether oxygens (including phenoxy) is 2. The van der Waals surface area contributed by atoms with E-state index in [4.69, 9.17) is 9.47 Å². The number of carbonyl (C=O) groups is 1. The molecule has 0 atom stereocenters. The highest BCUT2D eigenvalue weighted by molar-refractivity contribution is 14.1. The Morgan fingerprint density at radius 1 is 1.00 bits per heavy atom. The Kier molecular flexibility index (Phi) is 6.51. The zero-order valence-corrected chi connectivity index (χ0v) is 14.5. The van der Waals surface area contributed by atoms with Crippen molar-refractivity contribution >= 4 is 34.2 Å². The summed E-state index contributed by atoms with van der Waals surface area (Å²) >= 11 is 2.22. The molecule has 5 heteroatoms. The minimum Gasteiger partial charge on any atom is -0.494 e. The maximum Gasteiger partial charge on any atom is 0.262 e. The summed E-state index contributed by atoms with van der Waals surface area (Å²) < 4.78 is 12.1. The van der Waals surface area contributed by atoms with Crippen LogP contribution in [0.4, 0.5) is 5.69 Å². The Labute approximate surface area is 144 Å². The second-order valence-corrected chi connectivity index (χ2v) is 5.91. The number of nitrogens with one attached hydrogen (secondary N) is 1. The van der Waals surface area contributed by atoms with Gasteiger partial charge in [0.05, 0.1) is 6.61 Å². The first-order chi connectivity index (χ1) is 10.7. The molecule has 0 aromatic heterocycles. The van der Waals surface area contributed by atoms with E-state index in [0.29, 0.717) is 12.4 Å². The molecule has 0 unspecified atom stereocenters. The van der Waals surface area contributed by atoms with Crippen LogP contribution in [0.3, 0.4) is 0 Å². The summed E-state index contributed by atoms with van der Waals surface area (Å²) in [7, 11) is 0. The monoisotopic (exact) mass is 411 g/mol. The lowest BCUT2D eigenvalue weighted by molar-refractivity contribution is -0.118. The fraction of sp³-hybridized carbons (Fsp3) is 0.235. The lowest BCUT2D eigenvalue weighted by atomic mass is 10.3. The minimum atomic E-state index is -0.187. The zero-order chi connectivity index (χ0) is 15.8. The maximum absolute atomic E-state index is 11.8. The first-order valence-electron chi connectivity index (χ1n) is 7.08. The summed E-state index contributed by atoms with van der Waals surface area (Å²) in [4.78, 5) is 11.8. The van der Waals surface area contributed by atoms with E-state index in [1.807, 2.05) is 36.4 Å². The molecule has 4 nitrogen and oxygen atoms in total. The van der Waals surface area contributed by atoms with Crippen molar-refractivity contribution in [2.45, 2.75) is 13.3 Å². The van der Waals surface area contributed by atoms with Gasteiger partial charge in [0.2, 0.25) is 0 Å². The maximum atomic E-state index is 11.8. The predicted octanol–water partition coefficient (Wildman–Crippen LogP) is 4.10. The SMILES string of the molecule is CCCOc1ccc(OCC(=O)Nc2ccc(I)cc2)cc1. The van der Waals surface area contributed by atoms with Crippen LogP contribution in [0.1, 0.15) is 13.3 Å². The quantitative estimate of drug-likeness (QED) is 0.699. The molecule has 2 aromatic carbocycles. The lowest BCUT2D eigenvalue weighted by Gasteiger charge is -2.09. The van der Waals surface area contributed by atoms with Crippen LogP contribution in [0.5, 0.6) is 11.5 Å². The fourth-order valence-corrected chi connectivity index (χ4v) is 2.09. The Bertz CT molecular complexity index is 596. The number of amides is 1. The highest BCUT2D eigenvalue weighted by atomic mass is 127. The van der Waals surface area contributed by atoms with E-state index >= 15 is 0 Å². The summed E-state index contributed by atoms with van der Waals surface area (Å²) in [6.07, 6.45) is 0.969. The van der Waals surface area contributed by atoms with Crippen LogP contribution in [0.25, 0.3) is 0 Å². The molecule has 1 N–H and O–H groups in total. The van der Waals surface area contributed by atoms with Crippen molar-refractivity contribution < 1.29 is 14.3 Å². The van der Waals surface area contributed by atoms with Gasteiger partial charge in [0.25, 0.3) is 5.91 Å². The third-order valence-electron chi connectivity index (χ3n) is 2.79. The second-order valence-electron chi connectivity index (χ2n) is 4.66. The summed E-state index contributed by atoms with van der Waals surface area (Å²) in [5, 5.41) is 2.79. The Hall–Kier alpha value is -1.76. The van der Waals surface area contributed by atoms with Crippen LogP contribution in [-0.2, 0) is 4.79 Å². The summed E-state index contributed by atoms with van der Waals surface area (Å²) in [6, 6.07) is 14.9. The van der Waals surface area contributed by atoms with Gasteiger partial charge in [-0.2, -0.15) is 0 Å². The van der Waals surface area contributed by atoms with E-state index in [-0.39, 0.29) is 12.5 Å². The average molecular weight is 411 g/mol. The Balaban J connectivity index is 1.79. The van der Waals surface area contributed by atoms with Crippen molar-refractivity contribution in [2.24, 2.45) is 0 Å². The normalized spacial score (nSPS) is 10.1. The zero-order valence-electron chi connectivity index (χ0n) is 12.3. The van der Waals surface area contributed by atoms with Gasteiger partial charge in [-0.05, 0) is 77.5 Å². The molecule has 0 fully saturated rings. The van der Waals surface area contributed by atoms with E-state index in [1.54, 1.807) is 12.1 Å². The molecule has 0 radical (unpaired) electrons. The molecule has 1 amide bonds. The second kappa shape index (κ2) is 8.63. The van der Waals surface area contributed by atoms with Gasteiger partial charge in [-0.25, -0.2) is 0 Å². The average Bonchev–Trinajstić information content (AvgIpc) is 2.54. The molecule has 22 heavy (non-hydrogen) atoms. The number of anilines is 1. The standard InChI is InChI=1S/C17H18INO3/c1-2-11-21-15-7-9-16(10-8-15)22-12-17(20)19-14-5-3-13(18)4-6-14/h3-10H,2,11-12H2,1H3,(H,19,20). The highest BCUT2D eigenvalue weighted by Crippen LogP contribution is 2.18. The molecule has 0 bridgehead atoms. The Morgan fingerprint density at radius 2 is 1.59 bits per heavy atom. The highest BCUT2D eigenvalue weighted by Gasteiger charge is 2.04. The first-order valence-corrected chi connectivity index (χ1v) is 8.16. The molecular weight excluding hydrogens is 393 g/mol. The van der Waals surface area contributed by atoms with Gasteiger partial charge in [-0.1, -0.05) is 6.92 Å². The van der Waals surface area contributed by atoms with Crippen molar-refractivity contribution in [3.63, 3.8) is 0 Å². The number of hydrogen-bond donors (Lipinski definition) is 1. The topological polar surface area (TPSA) is 47.6 Å². The van der Waals surface area contributed by atoms with Gasteiger partial charge in [-0.3, -0.25) is 4.79 Å². The third kappa shape index (κ3) is 5.55. The summed E-state index contributed by atoms with van der Waals surface area (Å²) in [5.41, 5.74) is 0.761. The summed E-state index contributed by atoms with van der Waals surface area (Å²) in [6.45, 7) is 2.73. The van der Waals surface area contributed by atoms with E-state index in [1.165, 1.54) is 0 Å². The van der Waals surface area contributed by atoms with Gasteiger partial charge in [0, 0.05) is 9.26 Å². The smallest absolute Gasteiger partial charge is 0.262 e. The van der Waals surface area contributed by atoms with E-state index in [0.717, 1.165) is 21.4 Å². The van der Waals surface area contributed by atoms with Crippen molar-refractivity contribution in [1.29, 1.82) is 0 Å². The third-order valence-corrected chi connectivity index (χ3v) is 3.51. The van der Waals surface area contributed by atoms with E-state index in [9.17, 15) is 4.79 Å². The molecule has 2 rings (SSSR count). The summed E-state index contributed by atoms with van der Waals surface area (Å²) in [5.74, 6) is 1.26. The molecule has 116 valence electrons. The largest absolute Gasteiger partial charge is 0.494 e. The number of halogens is 1. The van der Waals surface area contributed by atoms with E-state index in [2.05, 4.69) is 34.8 Å². The molecule has 2 aromatic rings.